The van der Waals surface area contributed by atoms with Crippen molar-refractivity contribution in [3.8, 4) is 17.2 Å². The van der Waals surface area contributed by atoms with Gasteiger partial charge < -0.3 is 20.1 Å². The van der Waals surface area contributed by atoms with Crippen molar-refractivity contribution in [1.29, 1.82) is 0 Å². The number of likely N-dealkylation sites (tertiary alicyclic amines) is 1. The number of para-hydroxylation sites is 1. The second-order valence-electron chi connectivity index (χ2n) is 10.7. The summed E-state index contributed by atoms with van der Waals surface area (Å²) in [6, 6.07) is 21.9. The van der Waals surface area contributed by atoms with Gasteiger partial charge in [0.15, 0.2) is 5.82 Å². The molecule has 2 aromatic heterocycles. The summed E-state index contributed by atoms with van der Waals surface area (Å²) in [5, 5.41) is 6.50. The van der Waals surface area contributed by atoms with Crippen molar-refractivity contribution in [3.63, 3.8) is 0 Å². The number of amides is 3. The minimum absolute atomic E-state index is 0.345. The van der Waals surface area contributed by atoms with Gasteiger partial charge in [-0.05, 0) is 68.4 Å². The topological polar surface area (TPSA) is 109 Å². The van der Waals surface area contributed by atoms with Gasteiger partial charge >= 0.3 is 6.03 Å². The lowest BCUT2D eigenvalue weighted by Crippen LogP contribution is -2.35. The Hall–Kier alpha value is -5.00. The molecule has 5 aromatic rings. The third kappa shape index (κ3) is 5.43. The van der Waals surface area contributed by atoms with E-state index in [0.29, 0.717) is 49.5 Å². The maximum Gasteiger partial charge on any atom is 0.332 e. The fourth-order valence-electron chi connectivity index (χ4n) is 5.65. The maximum atomic E-state index is 13.6. The summed E-state index contributed by atoms with van der Waals surface area (Å²) in [7, 11) is 1.64. The van der Waals surface area contributed by atoms with E-state index < -0.39 is 6.03 Å². The monoisotopic (exact) mass is 606 g/mol. The van der Waals surface area contributed by atoms with Gasteiger partial charge in [0.2, 0.25) is 0 Å². The Labute approximate surface area is 258 Å². The van der Waals surface area contributed by atoms with Gasteiger partial charge in [0.05, 0.1) is 23.9 Å². The predicted octanol–water partition coefficient (Wildman–Crippen LogP) is 7.41. The van der Waals surface area contributed by atoms with Crippen molar-refractivity contribution < 1.29 is 19.1 Å². The Morgan fingerprint density at radius 3 is 2.52 bits per heavy atom. The zero-order chi connectivity index (χ0) is 30.0. The number of benzene rings is 3. The third-order valence-electron chi connectivity index (χ3n) is 7.78. The van der Waals surface area contributed by atoms with Crippen molar-refractivity contribution in [2.24, 2.45) is 0 Å². The van der Waals surface area contributed by atoms with Crippen molar-refractivity contribution in [1.82, 2.24) is 14.9 Å². The van der Waals surface area contributed by atoms with Gasteiger partial charge in [0.25, 0.3) is 5.91 Å². The Kier molecular flexibility index (Phi) is 7.55. The molecule has 0 bridgehead atoms. The molecule has 222 valence electrons. The van der Waals surface area contributed by atoms with Gasteiger partial charge in [-0.3, -0.25) is 9.69 Å². The number of anilines is 4. The van der Waals surface area contributed by atoms with Gasteiger partial charge in [-0.2, -0.15) is 0 Å². The number of rotatable bonds is 8. The average Bonchev–Trinajstić information content (AvgIpc) is 3.43. The van der Waals surface area contributed by atoms with Crippen LogP contribution in [0.2, 0.25) is 0 Å². The van der Waals surface area contributed by atoms with Gasteiger partial charge in [-0.15, -0.1) is 11.3 Å². The predicted molar refractivity (Wildman–Crippen MR) is 172 cm³/mol. The number of nitrogens with one attached hydrogen (secondary N) is 2. The summed E-state index contributed by atoms with van der Waals surface area (Å²) in [6.45, 7) is 2.97. The zero-order valence-electron chi connectivity index (χ0n) is 24.1. The van der Waals surface area contributed by atoms with Crippen LogP contribution in [-0.4, -0.2) is 47.0 Å². The quantitative estimate of drug-likeness (QED) is 0.189. The SMILES string of the molecule is COc1cc(NC(=O)c2sc3ncnc4c3c2NC(=O)N4c2ccc(Oc3ccccc3)cc2)ccc1CN1CCCCC1. The maximum absolute atomic E-state index is 13.6. The van der Waals surface area contributed by atoms with Crippen LogP contribution in [-0.2, 0) is 6.54 Å². The summed E-state index contributed by atoms with van der Waals surface area (Å²) in [5.41, 5.74) is 2.68. The molecule has 3 aromatic carbocycles. The summed E-state index contributed by atoms with van der Waals surface area (Å²) in [4.78, 5) is 40.7. The fraction of sp³-hybridized carbons (Fsp3) is 0.212. The molecule has 11 heteroatoms. The van der Waals surface area contributed by atoms with Gasteiger partial charge in [-0.25, -0.2) is 19.7 Å². The molecule has 0 aliphatic carbocycles. The first-order valence-corrected chi connectivity index (χ1v) is 15.3. The number of hydrogen-bond acceptors (Lipinski definition) is 8. The molecule has 0 saturated carbocycles. The smallest absolute Gasteiger partial charge is 0.332 e. The van der Waals surface area contributed by atoms with Gasteiger partial charge in [0.1, 0.15) is 33.3 Å². The summed E-state index contributed by atoms with van der Waals surface area (Å²) >= 11 is 1.21. The molecule has 7 rings (SSSR count). The van der Waals surface area contributed by atoms with E-state index in [1.165, 1.54) is 41.8 Å². The molecule has 2 aliphatic rings. The van der Waals surface area contributed by atoms with E-state index in [1.807, 2.05) is 48.5 Å². The van der Waals surface area contributed by atoms with E-state index in [2.05, 4.69) is 25.5 Å². The molecule has 4 heterocycles. The first-order chi connectivity index (χ1) is 21.6. The molecule has 1 saturated heterocycles. The summed E-state index contributed by atoms with van der Waals surface area (Å²) < 4.78 is 11.6. The number of urea groups is 1. The molecule has 2 N–H and O–H groups in total. The van der Waals surface area contributed by atoms with E-state index in [1.54, 1.807) is 31.4 Å². The van der Waals surface area contributed by atoms with Crippen LogP contribution in [0.1, 0.15) is 34.5 Å². The second kappa shape index (κ2) is 11.9. The molecule has 0 spiro atoms. The number of ether oxygens (including phenoxy) is 2. The van der Waals surface area contributed by atoms with E-state index >= 15 is 0 Å². The minimum atomic E-state index is -0.426. The van der Waals surface area contributed by atoms with Gasteiger partial charge in [-0.1, -0.05) is 30.7 Å². The van der Waals surface area contributed by atoms with Crippen LogP contribution in [0, 0.1) is 0 Å². The number of piperidine rings is 1. The Bertz CT molecular complexity index is 1840. The number of carbonyl (C=O) groups is 2. The lowest BCUT2D eigenvalue weighted by atomic mass is 10.1. The molecule has 1 fully saturated rings. The van der Waals surface area contributed by atoms with Crippen LogP contribution >= 0.6 is 11.3 Å². The first-order valence-electron chi connectivity index (χ1n) is 14.5. The number of hydrogen-bond donors (Lipinski definition) is 2. The molecule has 3 amide bonds. The van der Waals surface area contributed by atoms with Crippen LogP contribution in [0.3, 0.4) is 0 Å². The Morgan fingerprint density at radius 1 is 0.977 bits per heavy atom. The fourth-order valence-corrected chi connectivity index (χ4v) is 6.64. The van der Waals surface area contributed by atoms with E-state index in [4.69, 9.17) is 9.47 Å². The van der Waals surface area contributed by atoms with Crippen LogP contribution in [0.4, 0.5) is 27.7 Å². The highest BCUT2D eigenvalue weighted by Gasteiger charge is 2.34. The Morgan fingerprint density at radius 2 is 1.75 bits per heavy atom. The third-order valence-corrected chi connectivity index (χ3v) is 8.88. The number of methoxy groups -OCH3 is 1. The molecule has 10 nitrogen and oxygen atoms in total. The molecule has 0 unspecified atom stereocenters. The highest BCUT2D eigenvalue weighted by atomic mass is 32.1. The zero-order valence-corrected chi connectivity index (χ0v) is 24.9. The van der Waals surface area contributed by atoms with Crippen molar-refractivity contribution in [3.05, 3.63) is 89.6 Å². The number of thiophene rings is 1. The molecule has 44 heavy (non-hydrogen) atoms. The second-order valence-corrected chi connectivity index (χ2v) is 11.7. The molecule has 0 radical (unpaired) electrons. The normalized spacial score (nSPS) is 14.8. The minimum Gasteiger partial charge on any atom is -0.496 e. The number of nitrogens with zero attached hydrogens (tertiary/aromatic N) is 4. The van der Waals surface area contributed by atoms with Crippen LogP contribution in [0.5, 0.6) is 17.2 Å². The standard InChI is InChI=1S/C33H30N6O4S/c1-42-26-18-22(11-10-21(26)19-38-16-6-3-7-17-38)36-31(40)29-28-27-30(34-20-35-32(27)44-29)39(33(41)37-28)23-12-14-25(15-13-23)43-24-8-4-2-5-9-24/h2,4-5,8-15,18,20H,3,6-7,16-17,19H2,1H3,(H,36,40)(H,37,41). The van der Waals surface area contributed by atoms with Crippen LogP contribution in [0.15, 0.2) is 79.1 Å². The van der Waals surface area contributed by atoms with Gasteiger partial charge in [0, 0.05) is 23.9 Å². The van der Waals surface area contributed by atoms with Crippen LogP contribution in [0.25, 0.3) is 10.2 Å². The van der Waals surface area contributed by atoms with E-state index in [0.717, 1.165) is 30.9 Å². The molecular formula is C33H30N6O4S. The first kappa shape index (κ1) is 27.8. The highest BCUT2D eigenvalue weighted by molar-refractivity contribution is 7.21. The average molecular weight is 607 g/mol. The summed E-state index contributed by atoms with van der Waals surface area (Å²) in [5.74, 6) is 2.13. The number of carbonyl (C=O) groups excluding carboxylic acids is 2. The molecule has 2 aliphatic heterocycles. The summed E-state index contributed by atoms with van der Waals surface area (Å²) in [6.07, 6.45) is 5.11. The van der Waals surface area contributed by atoms with Crippen LogP contribution < -0.4 is 25.0 Å². The highest BCUT2D eigenvalue weighted by Crippen LogP contribution is 2.45. The Balaban J connectivity index is 1.13. The number of aromatic nitrogens is 2. The van der Waals surface area contributed by atoms with Crippen molar-refractivity contribution in [2.75, 3.05) is 35.7 Å². The lowest BCUT2D eigenvalue weighted by Gasteiger charge is -2.27. The molecular weight excluding hydrogens is 576 g/mol. The lowest BCUT2D eigenvalue weighted by molar-refractivity contribution is 0.103. The van der Waals surface area contributed by atoms with Crippen molar-refractivity contribution >= 4 is 56.4 Å². The largest absolute Gasteiger partial charge is 0.496 e. The molecule has 0 atom stereocenters. The van der Waals surface area contributed by atoms with E-state index in [-0.39, 0.29) is 5.91 Å². The van der Waals surface area contributed by atoms with E-state index in [9.17, 15) is 9.59 Å². The van der Waals surface area contributed by atoms with Crippen molar-refractivity contribution in [2.45, 2.75) is 25.8 Å².